The fourth-order valence-electron chi connectivity index (χ4n) is 3.66. The largest absolute Gasteiger partial charge is 0.343 e. The number of nitriles is 1. The predicted octanol–water partition coefficient (Wildman–Crippen LogP) is 4.35. The average Bonchev–Trinajstić information content (AvgIpc) is 2.68. The lowest BCUT2D eigenvalue weighted by Gasteiger charge is -2.42. The number of amides is 1. The zero-order chi connectivity index (χ0) is 19.0. The molecule has 6 heteroatoms. The Labute approximate surface area is 161 Å². The smallest absolute Gasteiger partial charge is 0.229 e. The third kappa shape index (κ3) is 3.08. The molecule has 4 rings (SSSR count). The van der Waals surface area contributed by atoms with Gasteiger partial charge in [-0.15, -0.1) is 0 Å². The molecule has 2 aliphatic heterocycles. The first kappa shape index (κ1) is 17.6. The number of thioether (sulfide) groups is 1. The Morgan fingerprint density at radius 1 is 1.19 bits per heavy atom. The standard InChI is InChI=1S/C21H18FN3OS/c1-14-6-2-5-9-19(14)24-12-25-20(26)10-16(15-7-3-4-8-18(15)22)17(11-23)21(25)27-13-24/h2-9,16H,10,12-13H2,1H3. The fraction of sp³-hybridized carbons (Fsp3) is 0.238. The molecular weight excluding hydrogens is 361 g/mol. The van der Waals surface area contributed by atoms with Crippen LogP contribution in [0.5, 0.6) is 0 Å². The van der Waals surface area contributed by atoms with E-state index < -0.39 is 5.92 Å². The van der Waals surface area contributed by atoms with Crippen molar-refractivity contribution in [2.75, 3.05) is 17.4 Å². The summed E-state index contributed by atoms with van der Waals surface area (Å²) in [5.41, 5.74) is 3.11. The second-order valence-corrected chi connectivity index (χ2v) is 7.61. The molecule has 0 radical (unpaired) electrons. The second-order valence-electron chi connectivity index (χ2n) is 6.67. The molecule has 1 saturated heterocycles. The van der Waals surface area contributed by atoms with Gasteiger partial charge in [0.05, 0.1) is 29.2 Å². The third-order valence-electron chi connectivity index (χ3n) is 5.03. The molecule has 0 aromatic heterocycles. The number of fused-ring (bicyclic) bond motifs is 1. The number of allylic oxidation sites excluding steroid dienone is 1. The van der Waals surface area contributed by atoms with Crippen LogP contribution in [-0.4, -0.2) is 23.4 Å². The summed E-state index contributed by atoms with van der Waals surface area (Å²) < 4.78 is 14.3. The highest BCUT2D eigenvalue weighted by atomic mass is 32.2. The van der Waals surface area contributed by atoms with E-state index >= 15 is 0 Å². The SMILES string of the molecule is Cc1ccccc1N1CSC2=C(C#N)C(c3ccccc3F)CC(=O)N2C1. The molecule has 2 heterocycles. The number of para-hydroxylation sites is 1. The van der Waals surface area contributed by atoms with E-state index in [4.69, 9.17) is 0 Å². The van der Waals surface area contributed by atoms with Gasteiger partial charge in [0.25, 0.3) is 0 Å². The van der Waals surface area contributed by atoms with Gasteiger partial charge in [-0.25, -0.2) is 4.39 Å². The van der Waals surface area contributed by atoms with Gasteiger partial charge in [-0.05, 0) is 30.2 Å². The monoisotopic (exact) mass is 379 g/mol. The normalized spacial score (nSPS) is 19.7. The molecule has 1 unspecified atom stereocenters. The summed E-state index contributed by atoms with van der Waals surface area (Å²) in [4.78, 5) is 16.7. The number of hydrogen-bond acceptors (Lipinski definition) is 4. The number of rotatable bonds is 2. The lowest BCUT2D eigenvalue weighted by molar-refractivity contribution is -0.129. The Balaban J connectivity index is 1.70. The van der Waals surface area contributed by atoms with Crippen molar-refractivity contribution < 1.29 is 9.18 Å². The molecule has 0 saturated carbocycles. The highest BCUT2D eigenvalue weighted by Crippen LogP contribution is 2.43. The van der Waals surface area contributed by atoms with E-state index in [0.29, 0.717) is 28.7 Å². The van der Waals surface area contributed by atoms with Crippen LogP contribution in [0.4, 0.5) is 10.1 Å². The topological polar surface area (TPSA) is 47.3 Å². The zero-order valence-corrected chi connectivity index (χ0v) is 15.7. The summed E-state index contributed by atoms with van der Waals surface area (Å²) in [6.07, 6.45) is 0.107. The van der Waals surface area contributed by atoms with Crippen LogP contribution in [0, 0.1) is 24.1 Å². The van der Waals surface area contributed by atoms with E-state index in [2.05, 4.69) is 11.0 Å². The van der Waals surface area contributed by atoms with Crippen molar-refractivity contribution in [1.29, 1.82) is 5.26 Å². The van der Waals surface area contributed by atoms with E-state index in [-0.39, 0.29) is 18.1 Å². The van der Waals surface area contributed by atoms with Crippen molar-refractivity contribution >= 4 is 23.4 Å². The Morgan fingerprint density at radius 2 is 1.93 bits per heavy atom. The molecule has 0 spiro atoms. The minimum absolute atomic E-state index is 0.0805. The van der Waals surface area contributed by atoms with E-state index in [9.17, 15) is 14.4 Å². The highest BCUT2D eigenvalue weighted by molar-refractivity contribution is 8.03. The van der Waals surface area contributed by atoms with Crippen LogP contribution < -0.4 is 4.90 Å². The third-order valence-corrected chi connectivity index (χ3v) is 6.18. The van der Waals surface area contributed by atoms with E-state index in [1.54, 1.807) is 23.1 Å². The fourth-order valence-corrected chi connectivity index (χ4v) is 4.81. The first-order valence-electron chi connectivity index (χ1n) is 8.72. The first-order chi connectivity index (χ1) is 13.1. The van der Waals surface area contributed by atoms with E-state index in [1.807, 2.05) is 31.2 Å². The lowest BCUT2D eigenvalue weighted by Crippen LogP contribution is -2.47. The summed E-state index contributed by atoms with van der Waals surface area (Å²) in [6.45, 7) is 2.44. The molecule has 0 bridgehead atoms. The van der Waals surface area contributed by atoms with Gasteiger partial charge in [-0.2, -0.15) is 5.26 Å². The minimum atomic E-state index is -0.521. The van der Waals surface area contributed by atoms with Crippen molar-refractivity contribution in [2.45, 2.75) is 19.3 Å². The molecule has 2 aliphatic rings. The van der Waals surface area contributed by atoms with Gasteiger partial charge in [-0.1, -0.05) is 48.2 Å². The number of halogens is 1. The Kier molecular flexibility index (Phi) is 4.63. The van der Waals surface area contributed by atoms with Gasteiger partial charge in [0, 0.05) is 18.0 Å². The van der Waals surface area contributed by atoms with Crippen LogP contribution >= 0.6 is 11.8 Å². The first-order valence-corrected chi connectivity index (χ1v) is 9.71. The minimum Gasteiger partial charge on any atom is -0.343 e. The maximum absolute atomic E-state index is 14.3. The van der Waals surface area contributed by atoms with Crippen molar-refractivity contribution in [3.63, 3.8) is 0 Å². The maximum Gasteiger partial charge on any atom is 0.229 e. The molecule has 1 amide bonds. The van der Waals surface area contributed by atoms with E-state index in [1.165, 1.54) is 17.8 Å². The van der Waals surface area contributed by atoms with Crippen molar-refractivity contribution in [2.24, 2.45) is 0 Å². The second kappa shape index (κ2) is 7.09. The van der Waals surface area contributed by atoms with Crippen LogP contribution in [0.1, 0.15) is 23.5 Å². The number of carbonyl (C=O) groups is 1. The van der Waals surface area contributed by atoms with Crippen LogP contribution in [0.15, 0.2) is 59.1 Å². The van der Waals surface area contributed by atoms with Gasteiger partial charge in [-0.3, -0.25) is 9.69 Å². The van der Waals surface area contributed by atoms with Crippen molar-refractivity contribution in [3.05, 3.63) is 76.1 Å². The van der Waals surface area contributed by atoms with Crippen molar-refractivity contribution in [1.82, 2.24) is 4.90 Å². The average molecular weight is 379 g/mol. The van der Waals surface area contributed by atoms with Gasteiger partial charge in [0.2, 0.25) is 5.91 Å². The molecule has 27 heavy (non-hydrogen) atoms. The number of nitrogens with zero attached hydrogens (tertiary/aromatic N) is 3. The Bertz CT molecular complexity index is 981. The van der Waals surface area contributed by atoms with Crippen LogP contribution in [0.2, 0.25) is 0 Å². The zero-order valence-electron chi connectivity index (χ0n) is 14.9. The number of hydrogen-bond donors (Lipinski definition) is 0. The summed E-state index contributed by atoms with van der Waals surface area (Å²) in [7, 11) is 0. The number of anilines is 1. The molecule has 4 nitrogen and oxygen atoms in total. The highest BCUT2D eigenvalue weighted by Gasteiger charge is 2.39. The Morgan fingerprint density at radius 3 is 2.67 bits per heavy atom. The molecule has 2 aromatic carbocycles. The Hall–Kier alpha value is -2.78. The predicted molar refractivity (Wildman–Crippen MR) is 104 cm³/mol. The number of benzene rings is 2. The molecule has 136 valence electrons. The summed E-state index contributed by atoms with van der Waals surface area (Å²) >= 11 is 1.47. The van der Waals surface area contributed by atoms with Gasteiger partial charge < -0.3 is 4.90 Å². The molecule has 1 fully saturated rings. The van der Waals surface area contributed by atoms with Gasteiger partial charge >= 0.3 is 0 Å². The summed E-state index contributed by atoms with van der Waals surface area (Å²) in [6, 6.07) is 16.7. The quantitative estimate of drug-likeness (QED) is 0.778. The lowest BCUT2D eigenvalue weighted by atomic mass is 9.86. The molecule has 0 N–H and O–H groups in total. The molecule has 1 atom stereocenters. The maximum atomic E-state index is 14.3. The van der Waals surface area contributed by atoms with Crippen LogP contribution in [0.3, 0.4) is 0 Å². The van der Waals surface area contributed by atoms with Crippen LogP contribution in [-0.2, 0) is 4.79 Å². The van der Waals surface area contributed by atoms with E-state index in [0.717, 1.165) is 11.3 Å². The number of carbonyl (C=O) groups excluding carboxylic acids is 1. The molecule has 2 aromatic rings. The van der Waals surface area contributed by atoms with Gasteiger partial charge in [0.15, 0.2) is 0 Å². The summed E-state index contributed by atoms with van der Waals surface area (Å²) in [5, 5.41) is 10.4. The van der Waals surface area contributed by atoms with Crippen molar-refractivity contribution in [3.8, 4) is 6.07 Å². The van der Waals surface area contributed by atoms with Crippen LogP contribution in [0.25, 0.3) is 0 Å². The number of aryl methyl sites for hydroxylation is 1. The molecule has 0 aliphatic carbocycles. The molecular formula is C21H18FN3OS. The summed E-state index contributed by atoms with van der Waals surface area (Å²) in [5.74, 6) is -0.339. The van der Waals surface area contributed by atoms with Gasteiger partial charge in [0.1, 0.15) is 5.82 Å².